The Morgan fingerprint density at radius 2 is 1.56 bits per heavy atom. The van der Waals surface area contributed by atoms with Crippen molar-refractivity contribution in [1.29, 1.82) is 0 Å². The van der Waals surface area contributed by atoms with Gasteiger partial charge in [-0.05, 0) is 54.6 Å². The number of amides is 2. The summed E-state index contributed by atoms with van der Waals surface area (Å²) in [6.45, 7) is 3.56. The van der Waals surface area contributed by atoms with Crippen LogP contribution in [0.1, 0.15) is 17.3 Å². The van der Waals surface area contributed by atoms with Crippen molar-refractivity contribution < 1.29 is 14.0 Å². The van der Waals surface area contributed by atoms with E-state index in [2.05, 4.69) is 10.4 Å². The van der Waals surface area contributed by atoms with E-state index in [4.69, 9.17) is 0 Å². The molecule has 0 saturated carbocycles. The molecule has 0 unspecified atom stereocenters. The second-order valence-corrected chi connectivity index (χ2v) is 7.46. The highest BCUT2D eigenvalue weighted by Gasteiger charge is 2.23. The van der Waals surface area contributed by atoms with Crippen molar-refractivity contribution in [1.82, 2.24) is 14.7 Å². The third-order valence-corrected chi connectivity index (χ3v) is 5.20. The van der Waals surface area contributed by atoms with E-state index in [1.165, 1.54) is 41.9 Å². The summed E-state index contributed by atoms with van der Waals surface area (Å²) in [6, 6.07) is 15.4. The summed E-state index contributed by atoms with van der Waals surface area (Å²) in [5.41, 5.74) is 1.36. The van der Waals surface area contributed by atoms with Gasteiger partial charge in [-0.2, -0.15) is 4.68 Å². The van der Waals surface area contributed by atoms with Crippen molar-refractivity contribution in [2.45, 2.75) is 6.92 Å². The molecule has 0 spiro atoms. The van der Waals surface area contributed by atoms with E-state index in [0.717, 1.165) is 0 Å². The van der Waals surface area contributed by atoms with Gasteiger partial charge in [0.25, 0.3) is 11.5 Å². The molecule has 0 radical (unpaired) electrons. The summed E-state index contributed by atoms with van der Waals surface area (Å²) in [7, 11) is 0. The molecule has 1 N–H and O–H groups in total. The minimum absolute atomic E-state index is 0.0803. The normalized spacial score (nSPS) is 13.7. The van der Waals surface area contributed by atoms with Gasteiger partial charge in [-0.3, -0.25) is 14.4 Å². The number of nitrogens with zero attached hydrogens (tertiary/aromatic N) is 4. The smallest absolute Gasteiger partial charge is 0.271 e. The van der Waals surface area contributed by atoms with E-state index in [1.807, 2.05) is 4.90 Å². The SMILES string of the molecule is CC(=O)Nc1ccc(C(=O)N2CCN(c3ccc(=O)n(-c4ccc(F)cc4)n3)CC2)cc1. The molecule has 2 heterocycles. The van der Waals surface area contributed by atoms with Crippen LogP contribution < -0.4 is 15.8 Å². The molecule has 4 rings (SSSR count). The van der Waals surface area contributed by atoms with Gasteiger partial charge in [0, 0.05) is 50.4 Å². The van der Waals surface area contributed by atoms with Gasteiger partial charge in [0.1, 0.15) is 11.6 Å². The number of carbonyl (C=O) groups excluding carboxylic acids is 2. The van der Waals surface area contributed by atoms with Crippen LogP contribution in [0.3, 0.4) is 0 Å². The Morgan fingerprint density at radius 1 is 0.906 bits per heavy atom. The zero-order valence-corrected chi connectivity index (χ0v) is 17.5. The van der Waals surface area contributed by atoms with Crippen molar-refractivity contribution in [3.05, 3.63) is 82.4 Å². The molecule has 1 aliphatic heterocycles. The van der Waals surface area contributed by atoms with Gasteiger partial charge in [-0.1, -0.05) is 0 Å². The predicted molar refractivity (Wildman–Crippen MR) is 119 cm³/mol. The third kappa shape index (κ3) is 4.66. The van der Waals surface area contributed by atoms with Crippen molar-refractivity contribution >= 4 is 23.3 Å². The van der Waals surface area contributed by atoms with Crippen molar-refractivity contribution in [2.75, 3.05) is 36.4 Å². The minimum atomic E-state index is -0.386. The Bertz CT molecular complexity index is 1180. The lowest BCUT2D eigenvalue weighted by atomic mass is 10.1. The minimum Gasteiger partial charge on any atom is -0.352 e. The summed E-state index contributed by atoms with van der Waals surface area (Å²) >= 11 is 0. The molecule has 0 aliphatic carbocycles. The van der Waals surface area contributed by atoms with Gasteiger partial charge in [0.15, 0.2) is 0 Å². The second-order valence-electron chi connectivity index (χ2n) is 7.46. The third-order valence-electron chi connectivity index (χ3n) is 5.20. The number of anilines is 2. The van der Waals surface area contributed by atoms with Gasteiger partial charge in [0.2, 0.25) is 5.91 Å². The average molecular weight is 435 g/mol. The first kappa shape index (κ1) is 21.2. The van der Waals surface area contributed by atoms with Crippen LogP contribution in [0, 0.1) is 5.82 Å². The highest BCUT2D eigenvalue weighted by molar-refractivity contribution is 5.95. The number of aromatic nitrogens is 2. The molecule has 164 valence electrons. The molecule has 1 fully saturated rings. The number of rotatable bonds is 4. The molecule has 2 amide bonds. The fraction of sp³-hybridized carbons (Fsp3) is 0.217. The van der Waals surface area contributed by atoms with E-state index < -0.39 is 0 Å². The van der Waals surface area contributed by atoms with E-state index in [-0.39, 0.29) is 23.2 Å². The second kappa shape index (κ2) is 9.01. The number of hydrogen-bond donors (Lipinski definition) is 1. The Morgan fingerprint density at radius 3 is 2.19 bits per heavy atom. The van der Waals surface area contributed by atoms with Gasteiger partial charge in [0.05, 0.1) is 5.69 Å². The van der Waals surface area contributed by atoms with Crippen LogP contribution in [0.15, 0.2) is 65.5 Å². The molecule has 9 heteroatoms. The molecule has 3 aromatic rings. The van der Waals surface area contributed by atoms with E-state index in [0.29, 0.717) is 48.9 Å². The largest absolute Gasteiger partial charge is 0.352 e. The fourth-order valence-corrected chi connectivity index (χ4v) is 3.56. The maximum Gasteiger partial charge on any atom is 0.271 e. The molecule has 0 atom stereocenters. The summed E-state index contributed by atoms with van der Waals surface area (Å²) in [6.07, 6.45) is 0. The first-order valence-corrected chi connectivity index (χ1v) is 10.2. The van der Waals surface area contributed by atoms with Crippen LogP contribution >= 0.6 is 0 Å². The molecule has 1 saturated heterocycles. The van der Waals surface area contributed by atoms with Gasteiger partial charge >= 0.3 is 0 Å². The lowest BCUT2D eigenvalue weighted by Crippen LogP contribution is -2.49. The molecular formula is C23H22FN5O3. The highest BCUT2D eigenvalue weighted by Crippen LogP contribution is 2.17. The maximum atomic E-state index is 13.2. The van der Waals surface area contributed by atoms with E-state index in [9.17, 15) is 18.8 Å². The topological polar surface area (TPSA) is 87.5 Å². The van der Waals surface area contributed by atoms with Gasteiger partial charge in [-0.15, -0.1) is 5.10 Å². The first-order valence-electron chi connectivity index (χ1n) is 10.2. The Kier molecular flexibility index (Phi) is 5.98. The molecule has 32 heavy (non-hydrogen) atoms. The number of nitrogens with one attached hydrogen (secondary N) is 1. The molecule has 8 nitrogen and oxygen atoms in total. The quantitative estimate of drug-likeness (QED) is 0.680. The number of halogens is 1. The summed E-state index contributed by atoms with van der Waals surface area (Å²) < 4.78 is 14.4. The van der Waals surface area contributed by atoms with Crippen LogP contribution in [0.25, 0.3) is 5.69 Å². The standard InChI is InChI=1S/C23H22FN5O3/c1-16(30)25-19-6-2-17(3-7-19)23(32)28-14-12-27(13-15-28)21-10-11-22(31)29(26-21)20-8-4-18(24)5-9-20/h2-11H,12-15H2,1H3,(H,25,30). The first-order chi connectivity index (χ1) is 15.4. The lowest BCUT2D eigenvalue weighted by Gasteiger charge is -2.35. The Labute approximate surface area is 183 Å². The van der Waals surface area contributed by atoms with Gasteiger partial charge in [-0.25, -0.2) is 4.39 Å². The summed E-state index contributed by atoms with van der Waals surface area (Å²) in [4.78, 5) is 39.9. The van der Waals surface area contributed by atoms with Crippen LogP contribution in [0.4, 0.5) is 15.9 Å². The molecular weight excluding hydrogens is 413 g/mol. The lowest BCUT2D eigenvalue weighted by molar-refractivity contribution is -0.114. The fourth-order valence-electron chi connectivity index (χ4n) is 3.56. The van der Waals surface area contributed by atoms with Gasteiger partial charge < -0.3 is 15.1 Å². The van der Waals surface area contributed by atoms with Crippen molar-refractivity contribution in [3.8, 4) is 5.69 Å². The van der Waals surface area contributed by atoms with Crippen molar-refractivity contribution in [2.24, 2.45) is 0 Å². The zero-order valence-electron chi connectivity index (χ0n) is 17.5. The number of piperazine rings is 1. The summed E-state index contributed by atoms with van der Waals surface area (Å²) in [5, 5.41) is 7.10. The van der Waals surface area contributed by atoms with E-state index in [1.54, 1.807) is 35.2 Å². The monoisotopic (exact) mass is 435 g/mol. The Hall–Kier alpha value is -4.01. The summed E-state index contributed by atoms with van der Waals surface area (Å²) in [5.74, 6) is -0.0213. The van der Waals surface area contributed by atoms with E-state index >= 15 is 0 Å². The predicted octanol–water partition coefficient (Wildman–Crippen LogP) is 2.29. The van der Waals surface area contributed by atoms with Crippen molar-refractivity contribution in [3.63, 3.8) is 0 Å². The Balaban J connectivity index is 1.43. The number of benzene rings is 2. The molecule has 1 aliphatic rings. The molecule has 0 bridgehead atoms. The van der Waals surface area contributed by atoms with Crippen LogP contribution in [0.5, 0.6) is 0 Å². The van der Waals surface area contributed by atoms with Crippen LogP contribution in [-0.4, -0.2) is 52.7 Å². The maximum absolute atomic E-state index is 13.2. The van der Waals surface area contributed by atoms with Crippen LogP contribution in [-0.2, 0) is 4.79 Å². The molecule has 2 aromatic carbocycles. The number of carbonyl (C=O) groups is 2. The number of hydrogen-bond acceptors (Lipinski definition) is 5. The molecule has 1 aromatic heterocycles. The zero-order chi connectivity index (χ0) is 22.7. The highest BCUT2D eigenvalue weighted by atomic mass is 19.1. The van der Waals surface area contributed by atoms with Crippen LogP contribution in [0.2, 0.25) is 0 Å². The average Bonchev–Trinajstić information content (AvgIpc) is 2.80.